The number of hydrogen-bond donors (Lipinski definition) is 1. The molecule has 2 aromatic rings. The summed E-state index contributed by atoms with van der Waals surface area (Å²) in [6.07, 6.45) is 5.15. The number of benzene rings is 1. The van der Waals surface area contributed by atoms with Crippen LogP contribution in [0.15, 0.2) is 30.5 Å². The molecule has 2 heterocycles. The van der Waals surface area contributed by atoms with Crippen molar-refractivity contribution in [2.24, 2.45) is 0 Å². The van der Waals surface area contributed by atoms with E-state index in [2.05, 4.69) is 4.98 Å². The number of carbonyl (C=O) groups excluding carboxylic acids is 1. The Hall–Kier alpha value is -1.43. The second-order valence-corrected chi connectivity index (χ2v) is 8.34. The van der Waals surface area contributed by atoms with E-state index in [4.69, 9.17) is 11.6 Å². The van der Waals surface area contributed by atoms with Gasteiger partial charge in [-0.1, -0.05) is 23.7 Å². The van der Waals surface area contributed by atoms with Gasteiger partial charge in [-0.05, 0) is 37.0 Å². The van der Waals surface area contributed by atoms with E-state index in [-0.39, 0.29) is 5.91 Å². The molecule has 1 amide bonds. The van der Waals surface area contributed by atoms with Crippen LogP contribution >= 0.6 is 22.9 Å². The van der Waals surface area contributed by atoms with E-state index < -0.39 is 5.60 Å². The first-order chi connectivity index (χ1) is 11.5. The zero-order chi connectivity index (χ0) is 16.7. The number of rotatable bonds is 4. The van der Waals surface area contributed by atoms with Gasteiger partial charge in [-0.3, -0.25) is 4.79 Å². The monoisotopic (exact) mass is 362 g/mol. The van der Waals surface area contributed by atoms with E-state index in [0.717, 1.165) is 10.6 Å². The maximum absolute atomic E-state index is 12.7. The van der Waals surface area contributed by atoms with Crippen molar-refractivity contribution < 1.29 is 9.90 Å². The second-order valence-electron chi connectivity index (χ2n) is 6.84. The van der Waals surface area contributed by atoms with Crippen molar-refractivity contribution in [2.45, 2.75) is 37.2 Å². The highest BCUT2D eigenvalue weighted by Gasteiger charge is 2.39. The predicted octanol–water partition coefficient (Wildman–Crippen LogP) is 3.49. The van der Waals surface area contributed by atoms with Crippen molar-refractivity contribution in [3.05, 3.63) is 50.9 Å². The van der Waals surface area contributed by atoms with Gasteiger partial charge in [0.25, 0.3) is 5.91 Å². The Morgan fingerprint density at radius 2 is 2.29 bits per heavy atom. The standard InChI is InChI=1S/C18H19ClN2O2S/c19-14-3-1-2-12(8-14)9-18(23)6-7-21(11-18)17(22)15-10-20-16(24-15)13-4-5-13/h1-3,8,10,13,23H,4-7,9,11H2/t18-/m1/s1. The molecule has 1 aliphatic heterocycles. The number of aliphatic hydroxyl groups is 1. The number of likely N-dealkylation sites (tertiary alicyclic amines) is 1. The summed E-state index contributed by atoms with van der Waals surface area (Å²) in [5.74, 6) is 0.552. The Bertz CT molecular complexity index is 774. The number of nitrogens with zero attached hydrogens (tertiary/aromatic N) is 2. The highest BCUT2D eigenvalue weighted by molar-refractivity contribution is 7.13. The molecule has 4 rings (SSSR count). The Morgan fingerprint density at radius 1 is 1.46 bits per heavy atom. The molecular weight excluding hydrogens is 344 g/mol. The summed E-state index contributed by atoms with van der Waals surface area (Å²) in [5, 5.41) is 12.6. The van der Waals surface area contributed by atoms with Gasteiger partial charge in [-0.2, -0.15) is 0 Å². The van der Waals surface area contributed by atoms with E-state index in [9.17, 15) is 9.90 Å². The number of β-amino-alcohol motifs (C(OH)–C–C–N with tert-alkyl or cyclic N) is 1. The van der Waals surface area contributed by atoms with Crippen molar-refractivity contribution >= 4 is 28.8 Å². The van der Waals surface area contributed by atoms with Gasteiger partial charge in [-0.15, -0.1) is 11.3 Å². The summed E-state index contributed by atoms with van der Waals surface area (Å²) >= 11 is 7.52. The summed E-state index contributed by atoms with van der Waals surface area (Å²) < 4.78 is 0. The lowest BCUT2D eigenvalue weighted by Gasteiger charge is -2.23. The van der Waals surface area contributed by atoms with Crippen molar-refractivity contribution in [3.63, 3.8) is 0 Å². The fraction of sp³-hybridized carbons (Fsp3) is 0.444. The van der Waals surface area contributed by atoms with E-state index in [1.165, 1.54) is 24.2 Å². The van der Waals surface area contributed by atoms with Crippen LogP contribution in [0, 0.1) is 0 Å². The van der Waals surface area contributed by atoms with Crippen molar-refractivity contribution in [3.8, 4) is 0 Å². The molecule has 1 N–H and O–H groups in total. The Labute approximate surface area is 150 Å². The molecule has 2 fully saturated rings. The third kappa shape index (κ3) is 3.34. The van der Waals surface area contributed by atoms with Gasteiger partial charge in [0.15, 0.2) is 0 Å². The molecule has 24 heavy (non-hydrogen) atoms. The van der Waals surface area contributed by atoms with Crippen LogP contribution in [0.5, 0.6) is 0 Å². The molecule has 0 unspecified atom stereocenters. The van der Waals surface area contributed by atoms with Crippen LogP contribution in [0.25, 0.3) is 0 Å². The fourth-order valence-corrected chi connectivity index (χ4v) is 4.53. The van der Waals surface area contributed by atoms with Crippen LogP contribution in [-0.4, -0.2) is 39.6 Å². The first-order valence-electron chi connectivity index (χ1n) is 8.24. The van der Waals surface area contributed by atoms with E-state index in [1.54, 1.807) is 11.1 Å². The van der Waals surface area contributed by atoms with Crippen LogP contribution in [-0.2, 0) is 6.42 Å². The molecular formula is C18H19ClN2O2S. The minimum atomic E-state index is -0.885. The van der Waals surface area contributed by atoms with Crippen LogP contribution in [0.1, 0.15) is 45.4 Å². The van der Waals surface area contributed by atoms with Crippen LogP contribution in [0.4, 0.5) is 0 Å². The molecule has 1 saturated heterocycles. The third-order valence-electron chi connectivity index (χ3n) is 4.70. The first-order valence-corrected chi connectivity index (χ1v) is 9.44. The molecule has 4 nitrogen and oxygen atoms in total. The number of carbonyl (C=O) groups is 1. The highest BCUT2D eigenvalue weighted by atomic mass is 35.5. The fourth-order valence-electron chi connectivity index (χ4n) is 3.26. The summed E-state index contributed by atoms with van der Waals surface area (Å²) in [4.78, 5) is 19.5. The quantitative estimate of drug-likeness (QED) is 0.905. The van der Waals surface area contributed by atoms with Crippen LogP contribution in [0.2, 0.25) is 5.02 Å². The minimum absolute atomic E-state index is 0.0126. The number of halogens is 1. The number of aromatic nitrogens is 1. The SMILES string of the molecule is O=C(c1cnc(C2CC2)s1)N1CC[C@@](O)(Cc2cccc(Cl)c2)C1. The second kappa shape index (κ2) is 6.14. The molecule has 1 aliphatic carbocycles. The topological polar surface area (TPSA) is 53.4 Å². The van der Waals surface area contributed by atoms with Gasteiger partial charge in [0.2, 0.25) is 0 Å². The van der Waals surface area contributed by atoms with E-state index in [0.29, 0.717) is 41.7 Å². The van der Waals surface area contributed by atoms with Gasteiger partial charge in [0.1, 0.15) is 4.88 Å². The van der Waals surface area contributed by atoms with Crippen LogP contribution < -0.4 is 0 Å². The van der Waals surface area contributed by atoms with E-state index >= 15 is 0 Å². The van der Waals surface area contributed by atoms with Gasteiger partial charge in [0.05, 0.1) is 23.4 Å². The first kappa shape index (κ1) is 16.1. The zero-order valence-electron chi connectivity index (χ0n) is 13.2. The lowest BCUT2D eigenvalue weighted by atomic mass is 9.94. The zero-order valence-corrected chi connectivity index (χ0v) is 14.8. The van der Waals surface area contributed by atoms with Crippen molar-refractivity contribution in [1.29, 1.82) is 0 Å². The smallest absolute Gasteiger partial charge is 0.265 e. The molecule has 1 atom stereocenters. The summed E-state index contributed by atoms with van der Waals surface area (Å²) in [6.45, 7) is 0.932. The summed E-state index contributed by atoms with van der Waals surface area (Å²) in [6, 6.07) is 7.53. The Morgan fingerprint density at radius 3 is 3.04 bits per heavy atom. The Kier molecular flexibility index (Phi) is 4.11. The molecule has 126 valence electrons. The molecule has 1 aromatic carbocycles. The largest absolute Gasteiger partial charge is 0.388 e. The molecule has 0 spiro atoms. The lowest BCUT2D eigenvalue weighted by molar-refractivity contribution is 0.0447. The maximum atomic E-state index is 12.7. The molecule has 1 aromatic heterocycles. The van der Waals surface area contributed by atoms with Crippen molar-refractivity contribution in [1.82, 2.24) is 9.88 Å². The summed E-state index contributed by atoms with van der Waals surface area (Å²) in [5.41, 5.74) is 0.109. The third-order valence-corrected chi connectivity index (χ3v) is 6.09. The van der Waals surface area contributed by atoms with E-state index in [1.807, 2.05) is 24.3 Å². The van der Waals surface area contributed by atoms with Gasteiger partial charge in [0, 0.05) is 23.9 Å². The van der Waals surface area contributed by atoms with Gasteiger partial charge in [-0.25, -0.2) is 4.98 Å². The molecule has 2 aliphatic rings. The predicted molar refractivity (Wildman–Crippen MR) is 94.7 cm³/mol. The van der Waals surface area contributed by atoms with Crippen molar-refractivity contribution in [2.75, 3.05) is 13.1 Å². The number of amides is 1. The molecule has 1 saturated carbocycles. The number of hydrogen-bond acceptors (Lipinski definition) is 4. The maximum Gasteiger partial charge on any atom is 0.265 e. The highest BCUT2D eigenvalue weighted by Crippen LogP contribution is 2.42. The van der Waals surface area contributed by atoms with Gasteiger partial charge < -0.3 is 10.0 Å². The number of thiazole rings is 1. The molecule has 0 radical (unpaired) electrons. The average Bonchev–Trinajstić information content (AvgIpc) is 3.15. The molecule has 0 bridgehead atoms. The average molecular weight is 363 g/mol. The lowest BCUT2D eigenvalue weighted by Crippen LogP contribution is -2.37. The summed E-state index contributed by atoms with van der Waals surface area (Å²) in [7, 11) is 0. The Balaban J connectivity index is 1.43. The minimum Gasteiger partial charge on any atom is -0.388 e. The molecule has 6 heteroatoms. The normalized spacial score (nSPS) is 23.7. The van der Waals surface area contributed by atoms with Gasteiger partial charge >= 0.3 is 0 Å². The van der Waals surface area contributed by atoms with Crippen LogP contribution in [0.3, 0.4) is 0 Å².